The van der Waals surface area contributed by atoms with E-state index in [0.29, 0.717) is 12.8 Å². The maximum absolute atomic E-state index is 13.5. The summed E-state index contributed by atoms with van der Waals surface area (Å²) < 4.78 is 27.0. The molecule has 3 aromatic carbocycles. The third-order valence-corrected chi connectivity index (χ3v) is 4.56. The van der Waals surface area contributed by atoms with E-state index in [1.807, 2.05) is 60.7 Å². The lowest BCUT2D eigenvalue weighted by Gasteiger charge is -2.11. The maximum atomic E-state index is 13.5. The smallest absolute Gasteiger partial charge is 0.159 e. The van der Waals surface area contributed by atoms with Gasteiger partial charge in [0.25, 0.3) is 0 Å². The van der Waals surface area contributed by atoms with Gasteiger partial charge in [-0.1, -0.05) is 60.7 Å². The normalized spacial score (nSPS) is 13.5. The lowest BCUT2D eigenvalue weighted by atomic mass is 10.0. The number of nitrogens with zero attached hydrogens (tertiary/aromatic N) is 1. The molecule has 0 radical (unpaired) electrons. The van der Waals surface area contributed by atoms with E-state index < -0.39 is 11.6 Å². The van der Waals surface area contributed by atoms with Crippen LogP contribution < -0.4 is 0 Å². The number of fused-ring (bicyclic) bond motifs is 1. The van der Waals surface area contributed by atoms with Gasteiger partial charge in [0, 0.05) is 11.1 Å². The second kappa shape index (κ2) is 6.60. The summed E-state index contributed by atoms with van der Waals surface area (Å²) in [6.45, 7) is 0. The van der Waals surface area contributed by atoms with Crippen LogP contribution >= 0.6 is 0 Å². The largest absolute Gasteiger partial charge is 0.280 e. The summed E-state index contributed by atoms with van der Waals surface area (Å²) in [5.41, 5.74) is 4.71. The molecule has 3 aromatic rings. The number of rotatable bonds is 3. The highest BCUT2D eigenvalue weighted by Gasteiger charge is 2.24. The zero-order valence-electron chi connectivity index (χ0n) is 13.6. The zero-order chi connectivity index (χ0) is 17.2. The first-order valence-corrected chi connectivity index (χ1v) is 8.36. The molecule has 0 aliphatic heterocycles. The van der Waals surface area contributed by atoms with Crippen molar-refractivity contribution >= 4 is 5.71 Å². The van der Waals surface area contributed by atoms with Crippen LogP contribution in [0.4, 0.5) is 8.78 Å². The molecule has 1 aliphatic rings. The molecule has 3 heteroatoms. The molecule has 0 saturated carbocycles. The molecule has 1 aliphatic carbocycles. The Labute approximate surface area is 145 Å². The van der Waals surface area contributed by atoms with Gasteiger partial charge in [-0.3, -0.25) is 4.99 Å². The average Bonchev–Trinajstić information content (AvgIpc) is 3.03. The van der Waals surface area contributed by atoms with Gasteiger partial charge in [-0.2, -0.15) is 0 Å². The van der Waals surface area contributed by atoms with Gasteiger partial charge < -0.3 is 0 Å². The fourth-order valence-corrected chi connectivity index (χ4v) is 3.37. The van der Waals surface area contributed by atoms with Crippen LogP contribution in [0.25, 0.3) is 0 Å². The standard InChI is InChI=1S/C22H17F2N/c23-20-13-17-11-19(12-18(17)14-21(20)24)25-22(15-7-3-1-4-8-15)16-9-5-2-6-10-16/h1-10,13-14,19H,11-12H2. The minimum absolute atomic E-state index is 0.00777. The molecular weight excluding hydrogens is 316 g/mol. The third-order valence-electron chi connectivity index (χ3n) is 4.56. The number of hydrogen-bond donors (Lipinski definition) is 0. The molecule has 0 aromatic heterocycles. The van der Waals surface area contributed by atoms with Crippen LogP contribution in [0.1, 0.15) is 22.3 Å². The minimum Gasteiger partial charge on any atom is -0.280 e. The highest BCUT2D eigenvalue weighted by molar-refractivity contribution is 6.13. The van der Waals surface area contributed by atoms with Gasteiger partial charge in [-0.25, -0.2) is 8.78 Å². The molecule has 0 atom stereocenters. The molecule has 1 nitrogen and oxygen atoms in total. The second-order valence-electron chi connectivity index (χ2n) is 6.31. The summed E-state index contributed by atoms with van der Waals surface area (Å²) in [5.74, 6) is -1.57. The van der Waals surface area contributed by atoms with Gasteiger partial charge in [0.05, 0.1) is 11.8 Å². The van der Waals surface area contributed by atoms with Crippen molar-refractivity contribution in [2.45, 2.75) is 18.9 Å². The molecule has 0 heterocycles. The van der Waals surface area contributed by atoms with Crippen LogP contribution in [0.3, 0.4) is 0 Å². The van der Waals surface area contributed by atoms with Crippen molar-refractivity contribution in [2.24, 2.45) is 4.99 Å². The fourth-order valence-electron chi connectivity index (χ4n) is 3.37. The first-order valence-electron chi connectivity index (χ1n) is 8.36. The topological polar surface area (TPSA) is 12.4 Å². The first-order chi connectivity index (χ1) is 12.2. The van der Waals surface area contributed by atoms with Gasteiger partial charge >= 0.3 is 0 Å². The van der Waals surface area contributed by atoms with Gasteiger partial charge in [-0.05, 0) is 36.1 Å². The Bertz CT molecular complexity index is 845. The number of aliphatic imine (C=N–C) groups is 1. The Morgan fingerprint density at radius 3 is 1.60 bits per heavy atom. The van der Waals surface area contributed by atoms with Crippen LogP contribution in [0.5, 0.6) is 0 Å². The summed E-state index contributed by atoms with van der Waals surface area (Å²) in [7, 11) is 0. The molecule has 0 fully saturated rings. The number of hydrogen-bond acceptors (Lipinski definition) is 1. The van der Waals surface area contributed by atoms with E-state index in [1.54, 1.807) is 0 Å². The van der Waals surface area contributed by atoms with E-state index in [4.69, 9.17) is 4.99 Å². The zero-order valence-corrected chi connectivity index (χ0v) is 13.6. The third kappa shape index (κ3) is 3.22. The summed E-state index contributed by atoms with van der Waals surface area (Å²) in [6.07, 6.45) is 1.27. The molecule has 124 valence electrons. The van der Waals surface area contributed by atoms with Crippen LogP contribution in [0.15, 0.2) is 77.8 Å². The lowest BCUT2D eigenvalue weighted by molar-refractivity contribution is 0.507. The molecule has 0 N–H and O–H groups in total. The fraction of sp³-hybridized carbons (Fsp3) is 0.136. The molecule has 0 spiro atoms. The molecule has 0 unspecified atom stereocenters. The number of benzene rings is 3. The SMILES string of the molecule is Fc1cc2c(cc1F)CC(N=C(c1ccccc1)c1ccccc1)C2. The van der Waals surface area contributed by atoms with Crippen LogP contribution in [0, 0.1) is 11.6 Å². The van der Waals surface area contributed by atoms with Crippen molar-refractivity contribution in [3.63, 3.8) is 0 Å². The monoisotopic (exact) mass is 333 g/mol. The van der Waals surface area contributed by atoms with Crippen molar-refractivity contribution in [1.29, 1.82) is 0 Å². The number of halogens is 2. The van der Waals surface area contributed by atoms with Gasteiger partial charge in [0.1, 0.15) is 0 Å². The molecular formula is C22H17F2N. The summed E-state index contributed by atoms with van der Waals surface area (Å²) in [5, 5.41) is 0. The van der Waals surface area contributed by atoms with Crippen molar-refractivity contribution < 1.29 is 8.78 Å². The van der Waals surface area contributed by atoms with Crippen LogP contribution in [0.2, 0.25) is 0 Å². The van der Waals surface area contributed by atoms with E-state index in [-0.39, 0.29) is 6.04 Å². The predicted octanol–water partition coefficient (Wildman–Crippen LogP) is 4.97. The van der Waals surface area contributed by atoms with Crippen molar-refractivity contribution in [2.75, 3.05) is 0 Å². The quantitative estimate of drug-likeness (QED) is 0.600. The highest BCUT2D eigenvalue weighted by Crippen LogP contribution is 2.27. The van der Waals surface area contributed by atoms with Crippen molar-refractivity contribution in [1.82, 2.24) is 0 Å². The minimum atomic E-state index is -0.783. The van der Waals surface area contributed by atoms with E-state index in [0.717, 1.165) is 28.0 Å². The molecule has 4 rings (SSSR count). The Morgan fingerprint density at radius 2 is 1.16 bits per heavy atom. The van der Waals surface area contributed by atoms with Crippen molar-refractivity contribution in [3.8, 4) is 0 Å². The summed E-state index contributed by atoms with van der Waals surface area (Å²) in [6, 6.07) is 22.7. The van der Waals surface area contributed by atoms with Gasteiger partial charge in [0.2, 0.25) is 0 Å². The molecule has 0 bridgehead atoms. The second-order valence-corrected chi connectivity index (χ2v) is 6.31. The Balaban J connectivity index is 1.71. The van der Waals surface area contributed by atoms with Gasteiger partial charge in [0.15, 0.2) is 11.6 Å². The maximum Gasteiger partial charge on any atom is 0.159 e. The van der Waals surface area contributed by atoms with Crippen molar-refractivity contribution in [3.05, 3.63) is 107 Å². The van der Waals surface area contributed by atoms with E-state index in [9.17, 15) is 8.78 Å². The Hall–Kier alpha value is -2.81. The van der Waals surface area contributed by atoms with Gasteiger partial charge in [-0.15, -0.1) is 0 Å². The lowest BCUT2D eigenvalue weighted by Crippen LogP contribution is -2.11. The first kappa shape index (κ1) is 15.7. The molecule has 25 heavy (non-hydrogen) atoms. The summed E-state index contributed by atoms with van der Waals surface area (Å²) >= 11 is 0. The Morgan fingerprint density at radius 1 is 0.720 bits per heavy atom. The van der Waals surface area contributed by atoms with E-state index in [2.05, 4.69) is 0 Å². The summed E-state index contributed by atoms with van der Waals surface area (Å²) in [4.78, 5) is 4.96. The Kier molecular flexibility index (Phi) is 4.14. The average molecular weight is 333 g/mol. The van der Waals surface area contributed by atoms with E-state index >= 15 is 0 Å². The molecule has 0 saturated heterocycles. The highest BCUT2D eigenvalue weighted by atomic mass is 19.2. The van der Waals surface area contributed by atoms with E-state index in [1.165, 1.54) is 12.1 Å². The van der Waals surface area contributed by atoms with Crippen LogP contribution in [-0.4, -0.2) is 11.8 Å². The van der Waals surface area contributed by atoms with Crippen LogP contribution in [-0.2, 0) is 12.8 Å². The molecule has 0 amide bonds. The predicted molar refractivity (Wildman–Crippen MR) is 96.1 cm³/mol.